The molecule has 1 aliphatic carbocycles. The summed E-state index contributed by atoms with van der Waals surface area (Å²) in [5.41, 5.74) is 0.628. The fourth-order valence-electron chi connectivity index (χ4n) is 2.67. The van der Waals surface area contributed by atoms with Gasteiger partial charge in [0.05, 0.1) is 5.92 Å². The first-order valence-corrected chi connectivity index (χ1v) is 5.82. The van der Waals surface area contributed by atoms with Gasteiger partial charge >= 0.3 is 6.18 Å². The van der Waals surface area contributed by atoms with Crippen molar-refractivity contribution in [2.24, 2.45) is 5.92 Å². The fourth-order valence-corrected chi connectivity index (χ4v) is 2.67. The maximum absolute atomic E-state index is 13.4. The third-order valence-electron chi connectivity index (χ3n) is 3.72. The molecular weight excluding hydrogens is 251 g/mol. The van der Waals surface area contributed by atoms with Crippen molar-refractivity contribution in [1.29, 1.82) is 0 Å². The molecule has 1 aliphatic rings. The molecule has 2 unspecified atom stereocenters. The zero-order valence-corrected chi connectivity index (χ0v) is 9.82. The van der Waals surface area contributed by atoms with Crippen LogP contribution in [0.1, 0.15) is 36.3 Å². The molecule has 0 saturated heterocycles. The highest BCUT2D eigenvalue weighted by atomic mass is 19.4. The first-order chi connectivity index (χ1) is 8.30. The van der Waals surface area contributed by atoms with E-state index in [4.69, 9.17) is 0 Å². The summed E-state index contributed by atoms with van der Waals surface area (Å²) in [6.07, 6.45) is -3.79. The Balaban J connectivity index is 2.23. The average molecular weight is 264 g/mol. The predicted molar refractivity (Wildman–Crippen MR) is 57.2 cm³/mol. The molecule has 100 valence electrons. The monoisotopic (exact) mass is 264 g/mol. The Morgan fingerprint density at radius 3 is 2.33 bits per heavy atom. The van der Waals surface area contributed by atoms with Crippen molar-refractivity contribution in [3.05, 3.63) is 34.9 Å². The van der Waals surface area contributed by atoms with Crippen LogP contribution in [-0.4, -0.2) is 6.18 Å². The quantitative estimate of drug-likeness (QED) is 0.644. The van der Waals surface area contributed by atoms with E-state index in [1.807, 2.05) is 0 Å². The van der Waals surface area contributed by atoms with E-state index in [0.29, 0.717) is 12.0 Å². The summed E-state index contributed by atoms with van der Waals surface area (Å²) < 4.78 is 64.0. The van der Waals surface area contributed by atoms with Gasteiger partial charge in [-0.1, -0.05) is 6.07 Å². The molecule has 0 heterocycles. The molecule has 0 amide bonds. The Bertz CT molecular complexity index is 449. The summed E-state index contributed by atoms with van der Waals surface area (Å²) in [5.74, 6) is -3.56. The molecule has 1 aromatic carbocycles. The van der Waals surface area contributed by atoms with Crippen molar-refractivity contribution in [2.75, 3.05) is 0 Å². The third-order valence-corrected chi connectivity index (χ3v) is 3.72. The van der Waals surface area contributed by atoms with Crippen LogP contribution in [0.25, 0.3) is 0 Å². The van der Waals surface area contributed by atoms with Crippen molar-refractivity contribution in [3.8, 4) is 0 Å². The zero-order chi connectivity index (χ0) is 13.5. The van der Waals surface area contributed by atoms with E-state index < -0.39 is 23.7 Å². The van der Waals surface area contributed by atoms with Gasteiger partial charge in [-0.15, -0.1) is 0 Å². The topological polar surface area (TPSA) is 0 Å². The number of benzene rings is 1. The van der Waals surface area contributed by atoms with E-state index in [1.54, 1.807) is 0 Å². The summed E-state index contributed by atoms with van der Waals surface area (Å²) in [6, 6.07) is 2.38. The molecule has 18 heavy (non-hydrogen) atoms. The maximum Gasteiger partial charge on any atom is 0.391 e. The van der Waals surface area contributed by atoms with E-state index >= 15 is 0 Å². The second kappa shape index (κ2) is 4.52. The van der Waals surface area contributed by atoms with Crippen molar-refractivity contribution >= 4 is 0 Å². The molecule has 0 N–H and O–H groups in total. The largest absolute Gasteiger partial charge is 0.391 e. The summed E-state index contributed by atoms with van der Waals surface area (Å²) in [4.78, 5) is 0. The molecular formula is C13H13F5. The van der Waals surface area contributed by atoms with Crippen LogP contribution >= 0.6 is 0 Å². The Hall–Kier alpha value is -1.13. The van der Waals surface area contributed by atoms with E-state index in [0.717, 1.165) is 6.07 Å². The van der Waals surface area contributed by atoms with E-state index in [1.165, 1.54) is 13.0 Å². The first kappa shape index (κ1) is 13.3. The van der Waals surface area contributed by atoms with Gasteiger partial charge in [0.25, 0.3) is 0 Å². The Morgan fingerprint density at radius 2 is 1.78 bits per heavy atom. The zero-order valence-electron chi connectivity index (χ0n) is 9.82. The number of hydrogen-bond acceptors (Lipinski definition) is 0. The molecule has 0 aromatic heterocycles. The second-order valence-electron chi connectivity index (χ2n) is 4.82. The Kier molecular flexibility index (Phi) is 3.34. The van der Waals surface area contributed by atoms with E-state index in [9.17, 15) is 22.0 Å². The number of halogens is 5. The second-order valence-corrected chi connectivity index (χ2v) is 4.82. The highest BCUT2D eigenvalue weighted by molar-refractivity contribution is 5.32. The highest BCUT2D eigenvalue weighted by Gasteiger charge is 2.44. The van der Waals surface area contributed by atoms with Gasteiger partial charge in [-0.05, 0) is 49.3 Å². The van der Waals surface area contributed by atoms with Crippen LogP contribution in [-0.2, 0) is 0 Å². The summed E-state index contributed by atoms with van der Waals surface area (Å²) >= 11 is 0. The minimum Gasteiger partial charge on any atom is -0.204 e. The lowest BCUT2D eigenvalue weighted by Gasteiger charge is -2.16. The standard InChI is InChI=1S/C13H13F5/c1-7-10(4-5-11(14)12(7)15)8-2-3-9(6-8)13(16,17)18/h4-5,8-9H,2-3,6H2,1H3. The van der Waals surface area contributed by atoms with Crippen LogP contribution in [0.3, 0.4) is 0 Å². The van der Waals surface area contributed by atoms with Gasteiger partial charge in [-0.2, -0.15) is 13.2 Å². The van der Waals surface area contributed by atoms with Crippen LogP contribution in [0.4, 0.5) is 22.0 Å². The normalized spacial score (nSPS) is 24.6. The lowest BCUT2D eigenvalue weighted by Crippen LogP contribution is -2.19. The van der Waals surface area contributed by atoms with Crippen molar-refractivity contribution in [2.45, 2.75) is 38.3 Å². The molecule has 2 atom stereocenters. The summed E-state index contributed by atoms with van der Waals surface area (Å²) in [6.45, 7) is 1.41. The Morgan fingerprint density at radius 1 is 1.11 bits per heavy atom. The highest BCUT2D eigenvalue weighted by Crippen LogP contribution is 2.46. The minimum absolute atomic E-state index is 0.0323. The van der Waals surface area contributed by atoms with Gasteiger partial charge < -0.3 is 0 Å². The molecule has 0 nitrogen and oxygen atoms in total. The number of hydrogen-bond donors (Lipinski definition) is 0. The lowest BCUT2D eigenvalue weighted by atomic mass is 9.92. The van der Waals surface area contributed by atoms with Gasteiger partial charge in [-0.3, -0.25) is 0 Å². The van der Waals surface area contributed by atoms with E-state index in [2.05, 4.69) is 0 Å². The molecule has 2 rings (SSSR count). The molecule has 0 aliphatic heterocycles. The third kappa shape index (κ3) is 2.35. The average Bonchev–Trinajstić information content (AvgIpc) is 2.75. The SMILES string of the molecule is Cc1c(C2CCC(C(F)(F)F)C2)ccc(F)c1F. The van der Waals surface area contributed by atoms with Gasteiger partial charge in [0, 0.05) is 0 Å². The smallest absolute Gasteiger partial charge is 0.204 e. The molecule has 1 fully saturated rings. The van der Waals surface area contributed by atoms with Crippen molar-refractivity contribution in [3.63, 3.8) is 0 Å². The first-order valence-electron chi connectivity index (χ1n) is 5.82. The van der Waals surface area contributed by atoms with Crippen LogP contribution < -0.4 is 0 Å². The van der Waals surface area contributed by atoms with Crippen LogP contribution in [0.2, 0.25) is 0 Å². The van der Waals surface area contributed by atoms with Gasteiger partial charge in [0.2, 0.25) is 0 Å². The molecule has 0 spiro atoms. The van der Waals surface area contributed by atoms with Gasteiger partial charge in [0.1, 0.15) is 0 Å². The number of rotatable bonds is 1. The lowest BCUT2D eigenvalue weighted by molar-refractivity contribution is -0.172. The maximum atomic E-state index is 13.4. The molecule has 5 heteroatoms. The van der Waals surface area contributed by atoms with Crippen LogP contribution in [0.15, 0.2) is 12.1 Å². The Labute approximate surface area is 102 Å². The molecule has 1 aromatic rings. The summed E-state index contributed by atoms with van der Waals surface area (Å²) in [5, 5.41) is 0. The molecule has 0 bridgehead atoms. The van der Waals surface area contributed by atoms with Crippen molar-refractivity contribution < 1.29 is 22.0 Å². The van der Waals surface area contributed by atoms with Crippen LogP contribution in [0, 0.1) is 24.5 Å². The minimum atomic E-state index is -4.19. The van der Waals surface area contributed by atoms with Crippen molar-refractivity contribution in [1.82, 2.24) is 0 Å². The van der Waals surface area contributed by atoms with Gasteiger partial charge in [-0.25, -0.2) is 8.78 Å². The molecule has 0 radical (unpaired) electrons. The van der Waals surface area contributed by atoms with Gasteiger partial charge in [0.15, 0.2) is 11.6 Å². The summed E-state index contributed by atoms with van der Waals surface area (Å²) in [7, 11) is 0. The van der Waals surface area contributed by atoms with Crippen LogP contribution in [0.5, 0.6) is 0 Å². The number of alkyl halides is 3. The fraction of sp³-hybridized carbons (Fsp3) is 0.538. The molecule has 1 saturated carbocycles. The van der Waals surface area contributed by atoms with E-state index in [-0.39, 0.29) is 24.3 Å². The predicted octanol–water partition coefficient (Wildman–Crippen LogP) is 4.72.